The van der Waals surface area contributed by atoms with E-state index in [9.17, 15) is 19.8 Å². The summed E-state index contributed by atoms with van der Waals surface area (Å²) in [5.74, 6) is -0.964. The zero-order valence-corrected chi connectivity index (χ0v) is 30.5. The lowest BCUT2D eigenvalue weighted by atomic mass is 9.75. The molecule has 0 spiro atoms. The van der Waals surface area contributed by atoms with Gasteiger partial charge in [-0.25, -0.2) is 0 Å². The summed E-state index contributed by atoms with van der Waals surface area (Å²) in [6.07, 6.45) is 2.84. The molecule has 11 heteroatoms. The van der Waals surface area contributed by atoms with Crippen molar-refractivity contribution < 1.29 is 48.2 Å². The molecule has 0 saturated carbocycles. The number of carbonyl (C=O) groups is 2. The molecule has 4 heterocycles. The van der Waals surface area contributed by atoms with Crippen molar-refractivity contribution in [2.24, 2.45) is 0 Å². The number of hydrogen-bond donors (Lipinski definition) is 2. The van der Waals surface area contributed by atoms with Gasteiger partial charge in [0.1, 0.15) is 23.9 Å². The molecule has 0 bridgehead atoms. The molecule has 4 saturated heterocycles. The van der Waals surface area contributed by atoms with Crippen LogP contribution in [0, 0.1) is 0 Å². The zero-order valence-electron chi connectivity index (χ0n) is 28.9. The van der Waals surface area contributed by atoms with Crippen LogP contribution in [0.1, 0.15) is 127 Å². The summed E-state index contributed by atoms with van der Waals surface area (Å²) >= 11 is 3.78. The second-order valence-corrected chi connectivity index (χ2v) is 17.1. The summed E-state index contributed by atoms with van der Waals surface area (Å²) < 4.78 is 37.7. The molecule has 4 rings (SSSR count). The maximum atomic E-state index is 12.2. The highest BCUT2D eigenvalue weighted by Crippen LogP contribution is 2.49. The molecule has 4 aliphatic rings. The van der Waals surface area contributed by atoms with Gasteiger partial charge in [0.25, 0.3) is 0 Å². The summed E-state index contributed by atoms with van der Waals surface area (Å²) in [4.78, 5) is 24.3. The molecule has 45 heavy (non-hydrogen) atoms. The lowest BCUT2D eigenvalue weighted by Crippen LogP contribution is -2.63. The Morgan fingerprint density at radius 3 is 2.11 bits per heavy atom. The van der Waals surface area contributed by atoms with Gasteiger partial charge in [-0.1, -0.05) is 15.9 Å². The summed E-state index contributed by atoms with van der Waals surface area (Å²) in [6.45, 7) is 17.9. The van der Waals surface area contributed by atoms with Crippen molar-refractivity contribution >= 4 is 27.9 Å². The molecular weight excluding hydrogens is 648 g/mol. The van der Waals surface area contributed by atoms with Crippen LogP contribution in [-0.2, 0) is 38.0 Å². The number of hydrogen-bond acceptors (Lipinski definition) is 10. The van der Waals surface area contributed by atoms with Crippen molar-refractivity contribution in [3.63, 3.8) is 0 Å². The van der Waals surface area contributed by atoms with Crippen LogP contribution >= 0.6 is 15.9 Å². The molecule has 11 atom stereocenters. The van der Waals surface area contributed by atoms with E-state index in [1.54, 1.807) is 27.7 Å². The minimum Gasteiger partial charge on any atom is -0.460 e. The number of alkyl halides is 1. The van der Waals surface area contributed by atoms with Gasteiger partial charge in [0.15, 0.2) is 0 Å². The average Bonchev–Trinajstić information content (AvgIpc) is 3.24. The van der Waals surface area contributed by atoms with Gasteiger partial charge in [-0.3, -0.25) is 9.59 Å². The van der Waals surface area contributed by atoms with Gasteiger partial charge in [0.05, 0.1) is 46.3 Å². The van der Waals surface area contributed by atoms with E-state index in [-0.39, 0.29) is 42.7 Å². The van der Waals surface area contributed by atoms with Crippen LogP contribution in [0.5, 0.6) is 0 Å². The van der Waals surface area contributed by atoms with E-state index in [0.29, 0.717) is 11.2 Å². The van der Waals surface area contributed by atoms with Gasteiger partial charge in [0, 0.05) is 25.1 Å². The van der Waals surface area contributed by atoms with E-state index in [4.69, 9.17) is 28.4 Å². The van der Waals surface area contributed by atoms with Crippen molar-refractivity contribution in [1.82, 2.24) is 0 Å². The average molecular weight is 706 g/mol. The predicted octanol–water partition coefficient (Wildman–Crippen LogP) is 5.30. The molecule has 4 aliphatic heterocycles. The second kappa shape index (κ2) is 12.9. The first-order valence-corrected chi connectivity index (χ1v) is 17.6. The molecule has 260 valence electrons. The highest BCUT2D eigenvalue weighted by Gasteiger charge is 2.57. The van der Waals surface area contributed by atoms with Gasteiger partial charge >= 0.3 is 11.9 Å². The van der Waals surface area contributed by atoms with Crippen LogP contribution in [0.3, 0.4) is 0 Å². The lowest BCUT2D eigenvalue weighted by molar-refractivity contribution is -0.301. The highest BCUT2D eigenvalue weighted by atomic mass is 79.9. The molecule has 10 nitrogen and oxygen atoms in total. The smallest absolute Gasteiger partial charge is 0.303 e. The van der Waals surface area contributed by atoms with Crippen LogP contribution in [0.15, 0.2) is 0 Å². The van der Waals surface area contributed by atoms with Crippen molar-refractivity contribution in [1.29, 1.82) is 0 Å². The van der Waals surface area contributed by atoms with E-state index >= 15 is 0 Å². The molecular formula is C34H57BrO10. The van der Waals surface area contributed by atoms with E-state index in [2.05, 4.69) is 43.6 Å². The van der Waals surface area contributed by atoms with E-state index in [1.807, 2.05) is 0 Å². The Bertz CT molecular complexity index is 1090. The summed E-state index contributed by atoms with van der Waals surface area (Å²) in [6, 6.07) is 0. The molecule has 0 aromatic carbocycles. The Kier molecular flexibility index (Phi) is 10.6. The van der Waals surface area contributed by atoms with E-state index in [0.717, 1.165) is 32.1 Å². The maximum Gasteiger partial charge on any atom is 0.303 e. The van der Waals surface area contributed by atoms with Crippen molar-refractivity contribution in [3.8, 4) is 0 Å². The van der Waals surface area contributed by atoms with Crippen molar-refractivity contribution in [3.05, 3.63) is 0 Å². The van der Waals surface area contributed by atoms with Crippen LogP contribution in [0.25, 0.3) is 0 Å². The molecule has 0 aliphatic carbocycles. The van der Waals surface area contributed by atoms with Crippen LogP contribution in [-0.4, -0.2) is 97.2 Å². The predicted molar refractivity (Wildman–Crippen MR) is 171 cm³/mol. The largest absolute Gasteiger partial charge is 0.460 e. The Morgan fingerprint density at radius 1 is 0.911 bits per heavy atom. The Labute approximate surface area is 277 Å². The van der Waals surface area contributed by atoms with Crippen LogP contribution < -0.4 is 0 Å². The van der Waals surface area contributed by atoms with E-state index < -0.39 is 58.8 Å². The number of halogens is 1. The van der Waals surface area contributed by atoms with Crippen LogP contribution in [0.2, 0.25) is 0 Å². The van der Waals surface area contributed by atoms with E-state index in [1.165, 1.54) is 13.8 Å². The highest BCUT2D eigenvalue weighted by molar-refractivity contribution is 9.09. The summed E-state index contributed by atoms with van der Waals surface area (Å²) in [5, 5.41) is 22.6. The van der Waals surface area contributed by atoms with Crippen molar-refractivity contribution in [2.75, 3.05) is 0 Å². The zero-order chi connectivity index (χ0) is 33.8. The fourth-order valence-corrected chi connectivity index (χ4v) is 8.41. The van der Waals surface area contributed by atoms with Gasteiger partial charge < -0.3 is 38.6 Å². The number of carbonyl (C=O) groups excluding carboxylic acids is 2. The minimum absolute atomic E-state index is 0.0318. The standard InChI is InChI=1S/C34H57BrO10/c1-20(36)40-22-19-34(10,44-28(22)29(3,4)38)27(41-21(2)37)14-16-31(7,39)24-11-12-25-32(8,43-24)18-15-26(42-25)33(9)17-13-23(35)30(5,6)45-33/h22-28,38-39H,11-19H2,1-10H3/t22-,23+,24+,25+,26+,27-,28+,31-,32-,33-,34+/m0/s1. The first kappa shape index (κ1) is 37.0. The SMILES string of the molecule is CC(=O)O[C@H]1C[C@](C)([C@H](CC[C@](C)(O)[C@H]2CC[C@H]3O[C@@H]([C@]4(C)CC[C@@H](Br)C(C)(C)O4)CC[C@]3(C)O2)OC(C)=O)O[C@H]1C(C)(C)O. The number of ether oxygens (including phenoxy) is 6. The molecule has 4 fully saturated rings. The summed E-state index contributed by atoms with van der Waals surface area (Å²) in [7, 11) is 0. The second-order valence-electron chi connectivity index (χ2n) is 16.0. The topological polar surface area (TPSA) is 130 Å². The van der Waals surface area contributed by atoms with Gasteiger partial charge in [0.2, 0.25) is 0 Å². The maximum absolute atomic E-state index is 12.2. The minimum atomic E-state index is -1.31. The Hall–Kier alpha value is -0.820. The monoisotopic (exact) mass is 704 g/mol. The van der Waals surface area contributed by atoms with Gasteiger partial charge in [-0.05, 0) is 107 Å². The van der Waals surface area contributed by atoms with Gasteiger partial charge in [-0.15, -0.1) is 0 Å². The third kappa shape index (κ3) is 8.08. The lowest BCUT2D eigenvalue weighted by Gasteiger charge is -2.56. The first-order valence-electron chi connectivity index (χ1n) is 16.6. The quantitative estimate of drug-likeness (QED) is 0.241. The molecule has 2 N–H and O–H groups in total. The van der Waals surface area contributed by atoms with Crippen LogP contribution in [0.4, 0.5) is 0 Å². The fourth-order valence-electron chi connectivity index (χ4n) is 8.09. The molecule has 0 aromatic rings. The molecule has 0 unspecified atom stereocenters. The number of esters is 2. The normalized spacial score (nSPS) is 42.2. The molecule has 0 radical (unpaired) electrons. The Balaban J connectivity index is 1.42. The first-order chi connectivity index (χ1) is 20.5. The number of rotatable bonds is 9. The summed E-state index contributed by atoms with van der Waals surface area (Å²) in [5.41, 5.74) is -4.79. The number of aliphatic hydroxyl groups is 2. The Morgan fingerprint density at radius 2 is 1.53 bits per heavy atom. The number of fused-ring (bicyclic) bond motifs is 1. The van der Waals surface area contributed by atoms with Gasteiger partial charge in [-0.2, -0.15) is 0 Å². The fraction of sp³-hybridized carbons (Fsp3) is 0.941. The third-order valence-electron chi connectivity index (χ3n) is 10.8. The molecule has 0 amide bonds. The third-order valence-corrected chi connectivity index (χ3v) is 12.4. The van der Waals surface area contributed by atoms with Crippen molar-refractivity contribution in [2.45, 2.75) is 202 Å². The molecule has 0 aromatic heterocycles.